The van der Waals surface area contributed by atoms with Gasteiger partial charge in [0.1, 0.15) is 5.82 Å². The number of H-pyrrole nitrogens is 1. The Morgan fingerprint density at radius 1 is 1.13 bits per heavy atom. The van der Waals surface area contributed by atoms with Gasteiger partial charge in [-0.25, -0.2) is 4.98 Å². The Morgan fingerprint density at radius 3 is 2.63 bits per heavy atom. The summed E-state index contributed by atoms with van der Waals surface area (Å²) in [5.41, 5.74) is 1.47. The monoisotopic (exact) mass is 520 g/mol. The molecule has 30 heavy (non-hydrogen) atoms. The molecule has 3 N–H and O–H groups in total. The third kappa shape index (κ3) is 5.84. The van der Waals surface area contributed by atoms with Gasteiger partial charge >= 0.3 is 0 Å². The van der Waals surface area contributed by atoms with Crippen LogP contribution < -0.4 is 10.6 Å². The summed E-state index contributed by atoms with van der Waals surface area (Å²) >= 11 is 0. The van der Waals surface area contributed by atoms with Crippen molar-refractivity contribution in [2.75, 3.05) is 13.6 Å². The Balaban J connectivity index is 0.00000256. The summed E-state index contributed by atoms with van der Waals surface area (Å²) < 4.78 is 5.32. The number of furan rings is 1. The quantitative estimate of drug-likeness (QED) is 0.259. The van der Waals surface area contributed by atoms with Crippen molar-refractivity contribution in [1.29, 1.82) is 0 Å². The molecule has 0 radical (unpaired) electrons. The number of benzene rings is 1. The summed E-state index contributed by atoms with van der Waals surface area (Å²) in [5.74, 6) is 3.60. The van der Waals surface area contributed by atoms with Crippen molar-refractivity contribution in [1.82, 2.24) is 25.8 Å². The Hall–Kier alpha value is -2.36. The van der Waals surface area contributed by atoms with Crippen LogP contribution in [0.25, 0.3) is 11.6 Å². The van der Waals surface area contributed by atoms with Gasteiger partial charge in [-0.05, 0) is 49.3 Å². The first-order valence-corrected chi connectivity index (χ1v) is 10.3. The zero-order chi connectivity index (χ0) is 19.9. The number of nitrogens with one attached hydrogen (secondary N) is 3. The molecule has 3 aromatic rings. The average Bonchev–Trinajstić information content (AvgIpc) is 3.46. The fourth-order valence-corrected chi connectivity index (χ4v) is 3.91. The number of guanidine groups is 1. The van der Waals surface area contributed by atoms with Gasteiger partial charge in [0.25, 0.3) is 0 Å². The molecule has 2 aromatic heterocycles. The number of aromatic amines is 1. The van der Waals surface area contributed by atoms with Gasteiger partial charge < -0.3 is 15.1 Å². The van der Waals surface area contributed by atoms with E-state index < -0.39 is 0 Å². The predicted molar refractivity (Wildman–Crippen MR) is 129 cm³/mol. The lowest BCUT2D eigenvalue weighted by molar-refractivity contribution is 0.371. The maximum atomic E-state index is 5.32. The van der Waals surface area contributed by atoms with Crippen LogP contribution in [0.1, 0.15) is 43.0 Å². The normalized spacial score (nSPS) is 19.2. The summed E-state index contributed by atoms with van der Waals surface area (Å²) in [6.07, 6.45) is 7.10. The van der Waals surface area contributed by atoms with E-state index in [2.05, 4.69) is 61.1 Å². The Bertz CT molecular complexity index is 901. The van der Waals surface area contributed by atoms with Crippen molar-refractivity contribution >= 4 is 29.9 Å². The second-order valence-corrected chi connectivity index (χ2v) is 7.44. The first-order valence-electron chi connectivity index (χ1n) is 10.3. The number of nitrogens with zero attached hydrogens (tertiary/aromatic N) is 3. The van der Waals surface area contributed by atoms with Gasteiger partial charge in [-0.2, -0.15) is 5.10 Å². The van der Waals surface area contributed by atoms with Crippen LogP contribution in [0.3, 0.4) is 0 Å². The summed E-state index contributed by atoms with van der Waals surface area (Å²) in [6.45, 7) is 0.728. The van der Waals surface area contributed by atoms with E-state index >= 15 is 0 Å². The molecule has 1 saturated carbocycles. The minimum Gasteiger partial charge on any atom is -0.461 e. The smallest absolute Gasteiger partial charge is 0.216 e. The van der Waals surface area contributed by atoms with Crippen molar-refractivity contribution in [3.8, 4) is 11.6 Å². The first-order chi connectivity index (χ1) is 14.3. The van der Waals surface area contributed by atoms with Crippen LogP contribution in [0.15, 0.2) is 58.1 Å². The van der Waals surface area contributed by atoms with E-state index in [1.807, 2.05) is 19.2 Å². The highest BCUT2D eigenvalue weighted by molar-refractivity contribution is 14.0. The highest BCUT2D eigenvalue weighted by atomic mass is 127. The topological polar surface area (TPSA) is 91.1 Å². The number of halogens is 1. The van der Waals surface area contributed by atoms with Crippen LogP contribution in [0, 0.1) is 0 Å². The molecule has 7 nitrogen and oxygen atoms in total. The minimum atomic E-state index is 0. The van der Waals surface area contributed by atoms with E-state index in [9.17, 15) is 0 Å². The molecule has 160 valence electrons. The summed E-state index contributed by atoms with van der Waals surface area (Å²) in [5, 5.41) is 14.1. The molecule has 0 spiro atoms. The SMILES string of the molecule is CN=C(NCCc1nc(-c2ccco2)n[nH]1)NC1CCC(c2ccccc2)CC1.I. The van der Waals surface area contributed by atoms with Gasteiger partial charge in [-0.15, -0.1) is 24.0 Å². The van der Waals surface area contributed by atoms with Crippen LogP contribution in [0.5, 0.6) is 0 Å². The van der Waals surface area contributed by atoms with Crippen molar-refractivity contribution in [3.63, 3.8) is 0 Å². The molecule has 1 fully saturated rings. The van der Waals surface area contributed by atoms with Gasteiger partial charge in [0.2, 0.25) is 5.82 Å². The summed E-state index contributed by atoms with van der Waals surface area (Å²) in [6, 6.07) is 15.0. The summed E-state index contributed by atoms with van der Waals surface area (Å²) in [4.78, 5) is 8.84. The Kier molecular flexibility index (Phi) is 8.30. The van der Waals surface area contributed by atoms with E-state index in [1.54, 1.807) is 6.26 Å². The van der Waals surface area contributed by atoms with Crippen molar-refractivity contribution in [2.24, 2.45) is 4.99 Å². The lowest BCUT2D eigenvalue weighted by Gasteiger charge is -2.30. The molecule has 1 aliphatic rings. The second-order valence-electron chi connectivity index (χ2n) is 7.44. The van der Waals surface area contributed by atoms with E-state index in [0.29, 0.717) is 23.5 Å². The molecule has 0 atom stereocenters. The fraction of sp³-hybridized carbons (Fsp3) is 0.409. The zero-order valence-electron chi connectivity index (χ0n) is 17.2. The number of aliphatic imine (C=N–C) groups is 1. The maximum absolute atomic E-state index is 5.32. The van der Waals surface area contributed by atoms with Crippen LogP contribution in [0.2, 0.25) is 0 Å². The molecule has 2 heterocycles. The standard InChI is InChI=1S/C22H28N6O.HI/c1-23-22(24-14-13-20-26-21(28-27-20)19-8-5-15-29-19)25-18-11-9-17(10-12-18)16-6-3-2-4-7-16;/h2-8,15,17-18H,9-14H2,1H3,(H2,23,24,25)(H,26,27,28);1H. The van der Waals surface area contributed by atoms with Crippen molar-refractivity contribution in [2.45, 2.75) is 44.1 Å². The molecular formula is C22H29IN6O. The number of rotatable bonds is 6. The van der Waals surface area contributed by atoms with E-state index in [1.165, 1.54) is 18.4 Å². The molecule has 0 bridgehead atoms. The largest absolute Gasteiger partial charge is 0.461 e. The molecule has 0 aliphatic heterocycles. The summed E-state index contributed by atoms with van der Waals surface area (Å²) in [7, 11) is 1.81. The second kappa shape index (κ2) is 11.1. The van der Waals surface area contributed by atoms with Gasteiger partial charge in [0.15, 0.2) is 11.7 Å². The molecule has 4 rings (SSSR count). The van der Waals surface area contributed by atoms with Crippen molar-refractivity contribution in [3.05, 3.63) is 60.1 Å². The predicted octanol–water partition coefficient (Wildman–Crippen LogP) is 4.12. The highest BCUT2D eigenvalue weighted by Gasteiger charge is 2.22. The third-order valence-corrected chi connectivity index (χ3v) is 5.49. The van der Waals surface area contributed by atoms with E-state index in [0.717, 1.165) is 37.6 Å². The maximum Gasteiger partial charge on any atom is 0.216 e. The van der Waals surface area contributed by atoms with Crippen LogP contribution in [-0.4, -0.2) is 40.8 Å². The fourth-order valence-electron chi connectivity index (χ4n) is 3.91. The lowest BCUT2D eigenvalue weighted by Crippen LogP contribution is -2.45. The first kappa shape index (κ1) is 22.3. The molecule has 1 aromatic carbocycles. The molecule has 1 aliphatic carbocycles. The number of hydrogen-bond acceptors (Lipinski definition) is 4. The third-order valence-electron chi connectivity index (χ3n) is 5.49. The van der Waals surface area contributed by atoms with Gasteiger partial charge in [-0.3, -0.25) is 10.1 Å². The van der Waals surface area contributed by atoms with Gasteiger partial charge in [-0.1, -0.05) is 30.3 Å². The van der Waals surface area contributed by atoms with Gasteiger partial charge in [0, 0.05) is 26.1 Å². The molecule has 0 amide bonds. The number of aromatic nitrogens is 3. The Labute approximate surface area is 194 Å². The molecule has 8 heteroatoms. The highest BCUT2D eigenvalue weighted by Crippen LogP contribution is 2.32. The number of hydrogen-bond donors (Lipinski definition) is 3. The molecular weight excluding hydrogens is 491 g/mol. The van der Waals surface area contributed by atoms with E-state index in [-0.39, 0.29) is 24.0 Å². The van der Waals surface area contributed by atoms with Gasteiger partial charge in [0.05, 0.1) is 6.26 Å². The molecule has 0 unspecified atom stereocenters. The average molecular weight is 520 g/mol. The minimum absolute atomic E-state index is 0. The van der Waals surface area contributed by atoms with Crippen LogP contribution in [0.4, 0.5) is 0 Å². The Morgan fingerprint density at radius 2 is 1.93 bits per heavy atom. The van der Waals surface area contributed by atoms with Crippen LogP contribution >= 0.6 is 24.0 Å². The lowest BCUT2D eigenvalue weighted by atomic mass is 9.82. The molecule has 0 saturated heterocycles. The van der Waals surface area contributed by atoms with E-state index in [4.69, 9.17) is 4.42 Å². The van der Waals surface area contributed by atoms with Crippen molar-refractivity contribution < 1.29 is 4.42 Å². The van der Waals surface area contributed by atoms with Crippen LogP contribution in [-0.2, 0) is 6.42 Å². The zero-order valence-corrected chi connectivity index (χ0v) is 19.5.